The van der Waals surface area contributed by atoms with Crippen molar-refractivity contribution < 1.29 is 9.00 Å². The van der Waals surface area contributed by atoms with Crippen LogP contribution in [0.1, 0.15) is 15.9 Å². The van der Waals surface area contributed by atoms with E-state index in [9.17, 15) is 9.00 Å². The van der Waals surface area contributed by atoms with Gasteiger partial charge in [-0.1, -0.05) is 53.0 Å². The SMILES string of the molecule is Cc1ccc(C(=O)CS(=O)c2ccc(Cl)c(Cl)c2)cc1. The highest BCUT2D eigenvalue weighted by Gasteiger charge is 2.13. The van der Waals surface area contributed by atoms with Gasteiger partial charge in [0.05, 0.1) is 26.6 Å². The molecule has 2 rings (SSSR count). The molecule has 0 aliphatic carbocycles. The average molecular weight is 327 g/mol. The molecule has 2 aromatic carbocycles. The summed E-state index contributed by atoms with van der Waals surface area (Å²) in [7, 11) is -1.43. The van der Waals surface area contributed by atoms with Crippen LogP contribution in [0.3, 0.4) is 0 Å². The highest BCUT2D eigenvalue weighted by atomic mass is 35.5. The fourth-order valence-corrected chi connectivity index (χ4v) is 3.05. The van der Waals surface area contributed by atoms with E-state index in [1.807, 2.05) is 19.1 Å². The second kappa shape index (κ2) is 6.53. The minimum atomic E-state index is -1.43. The van der Waals surface area contributed by atoms with E-state index < -0.39 is 10.8 Å². The molecule has 0 heterocycles. The number of rotatable bonds is 4. The van der Waals surface area contributed by atoms with Crippen LogP contribution in [0.25, 0.3) is 0 Å². The normalized spacial score (nSPS) is 12.2. The molecule has 5 heteroatoms. The number of halogens is 2. The van der Waals surface area contributed by atoms with Gasteiger partial charge < -0.3 is 0 Å². The fraction of sp³-hybridized carbons (Fsp3) is 0.133. The lowest BCUT2D eigenvalue weighted by Crippen LogP contribution is -2.11. The molecule has 0 radical (unpaired) electrons. The van der Waals surface area contributed by atoms with Gasteiger partial charge in [-0.2, -0.15) is 0 Å². The zero-order valence-corrected chi connectivity index (χ0v) is 13.1. The summed E-state index contributed by atoms with van der Waals surface area (Å²) in [5.74, 6) is -0.226. The van der Waals surface area contributed by atoms with Crippen LogP contribution < -0.4 is 0 Å². The van der Waals surface area contributed by atoms with Crippen molar-refractivity contribution in [3.05, 3.63) is 63.6 Å². The van der Waals surface area contributed by atoms with E-state index in [2.05, 4.69) is 0 Å². The number of carbonyl (C=O) groups excluding carboxylic acids is 1. The molecule has 0 amide bonds. The third-order valence-corrected chi connectivity index (χ3v) is 4.83. The van der Waals surface area contributed by atoms with Gasteiger partial charge in [0, 0.05) is 10.5 Å². The van der Waals surface area contributed by atoms with Crippen LogP contribution in [0.5, 0.6) is 0 Å². The van der Waals surface area contributed by atoms with Gasteiger partial charge in [-0.15, -0.1) is 0 Å². The summed E-state index contributed by atoms with van der Waals surface area (Å²) in [6.07, 6.45) is 0. The van der Waals surface area contributed by atoms with Crippen molar-refractivity contribution >= 4 is 39.8 Å². The minimum absolute atomic E-state index is 0.0684. The van der Waals surface area contributed by atoms with Gasteiger partial charge in [-0.3, -0.25) is 9.00 Å². The standard InChI is InChI=1S/C15H12Cl2O2S/c1-10-2-4-11(5-3-10)15(18)9-20(19)12-6-7-13(16)14(17)8-12/h2-8H,9H2,1H3. The molecule has 2 nitrogen and oxygen atoms in total. The molecule has 1 unspecified atom stereocenters. The van der Waals surface area contributed by atoms with E-state index in [1.165, 1.54) is 6.07 Å². The van der Waals surface area contributed by atoms with Crippen molar-refractivity contribution in [2.75, 3.05) is 5.75 Å². The van der Waals surface area contributed by atoms with E-state index in [4.69, 9.17) is 23.2 Å². The monoisotopic (exact) mass is 326 g/mol. The number of Topliss-reactive ketones (excluding diaryl/α,β-unsaturated/α-hetero) is 1. The van der Waals surface area contributed by atoms with Crippen molar-refractivity contribution in [3.8, 4) is 0 Å². The molecule has 20 heavy (non-hydrogen) atoms. The lowest BCUT2D eigenvalue weighted by Gasteiger charge is -2.04. The lowest BCUT2D eigenvalue weighted by atomic mass is 10.1. The summed E-state index contributed by atoms with van der Waals surface area (Å²) in [4.78, 5) is 12.5. The smallest absolute Gasteiger partial charge is 0.175 e. The number of hydrogen-bond acceptors (Lipinski definition) is 2. The highest BCUT2D eigenvalue weighted by molar-refractivity contribution is 7.85. The molecule has 0 saturated carbocycles. The zero-order chi connectivity index (χ0) is 14.7. The van der Waals surface area contributed by atoms with Crippen molar-refractivity contribution in [3.63, 3.8) is 0 Å². The van der Waals surface area contributed by atoms with Crippen molar-refractivity contribution in [2.45, 2.75) is 11.8 Å². The number of benzene rings is 2. The fourth-order valence-electron chi connectivity index (χ4n) is 1.64. The molecule has 1 atom stereocenters. The number of hydrogen-bond donors (Lipinski definition) is 0. The summed E-state index contributed by atoms with van der Waals surface area (Å²) in [5, 5.41) is 0.734. The summed E-state index contributed by atoms with van der Waals surface area (Å²) in [6, 6.07) is 11.9. The molecule has 0 bridgehead atoms. The van der Waals surface area contributed by atoms with E-state index in [1.54, 1.807) is 24.3 Å². The molecule has 0 saturated heterocycles. The van der Waals surface area contributed by atoms with E-state index in [-0.39, 0.29) is 11.5 Å². The first-order valence-corrected chi connectivity index (χ1v) is 7.98. The zero-order valence-electron chi connectivity index (χ0n) is 10.7. The summed E-state index contributed by atoms with van der Waals surface area (Å²) in [6.45, 7) is 1.95. The second-order valence-electron chi connectivity index (χ2n) is 4.35. The Labute approximate surface area is 130 Å². The topological polar surface area (TPSA) is 34.1 Å². The summed E-state index contributed by atoms with van der Waals surface area (Å²) >= 11 is 11.7. The van der Waals surface area contributed by atoms with Gasteiger partial charge in [-0.25, -0.2) is 0 Å². The molecule has 0 aromatic heterocycles. The van der Waals surface area contributed by atoms with Crippen LogP contribution in [0.2, 0.25) is 10.0 Å². The van der Waals surface area contributed by atoms with Gasteiger partial charge in [0.2, 0.25) is 0 Å². The molecule has 2 aromatic rings. The van der Waals surface area contributed by atoms with E-state index in [0.29, 0.717) is 20.5 Å². The van der Waals surface area contributed by atoms with E-state index >= 15 is 0 Å². The van der Waals surface area contributed by atoms with Gasteiger partial charge in [0.25, 0.3) is 0 Å². The molecule has 0 spiro atoms. The Balaban J connectivity index is 2.13. The molecule has 0 fully saturated rings. The number of aryl methyl sites for hydroxylation is 1. The number of ketones is 1. The first-order chi connectivity index (χ1) is 9.47. The maximum Gasteiger partial charge on any atom is 0.175 e. The quantitative estimate of drug-likeness (QED) is 0.785. The van der Waals surface area contributed by atoms with Crippen LogP contribution in [0.15, 0.2) is 47.4 Å². The van der Waals surface area contributed by atoms with Crippen LogP contribution in [-0.2, 0) is 10.8 Å². The van der Waals surface area contributed by atoms with Gasteiger partial charge in [0.1, 0.15) is 0 Å². The Morgan fingerprint density at radius 3 is 2.30 bits per heavy atom. The summed E-state index contributed by atoms with van der Waals surface area (Å²) < 4.78 is 12.1. The Morgan fingerprint density at radius 2 is 1.70 bits per heavy atom. The predicted octanol–water partition coefficient (Wildman–Crippen LogP) is 4.29. The maximum atomic E-state index is 12.1. The molecule has 0 aliphatic rings. The number of carbonyl (C=O) groups is 1. The van der Waals surface area contributed by atoms with Crippen LogP contribution in [-0.4, -0.2) is 15.7 Å². The van der Waals surface area contributed by atoms with Crippen molar-refractivity contribution in [1.29, 1.82) is 0 Å². The predicted molar refractivity (Wildman–Crippen MR) is 83.2 cm³/mol. The van der Waals surface area contributed by atoms with Gasteiger partial charge in [0.15, 0.2) is 5.78 Å². The lowest BCUT2D eigenvalue weighted by molar-refractivity contribution is 0.102. The third kappa shape index (κ3) is 3.69. The minimum Gasteiger partial charge on any atom is -0.293 e. The molecule has 104 valence electrons. The first kappa shape index (κ1) is 15.2. The molecular weight excluding hydrogens is 315 g/mol. The average Bonchev–Trinajstić information content (AvgIpc) is 2.42. The second-order valence-corrected chi connectivity index (χ2v) is 6.62. The molecule has 0 N–H and O–H groups in total. The van der Waals surface area contributed by atoms with Crippen molar-refractivity contribution in [2.24, 2.45) is 0 Å². The van der Waals surface area contributed by atoms with Gasteiger partial charge in [-0.05, 0) is 25.1 Å². The van der Waals surface area contributed by atoms with Crippen LogP contribution >= 0.6 is 23.2 Å². The van der Waals surface area contributed by atoms with Crippen LogP contribution in [0.4, 0.5) is 0 Å². The third-order valence-electron chi connectivity index (χ3n) is 2.79. The van der Waals surface area contributed by atoms with Gasteiger partial charge >= 0.3 is 0 Å². The Hall–Kier alpha value is -1.16. The van der Waals surface area contributed by atoms with Crippen LogP contribution in [0, 0.1) is 6.92 Å². The van der Waals surface area contributed by atoms with E-state index in [0.717, 1.165) is 5.56 Å². The summed E-state index contributed by atoms with van der Waals surface area (Å²) in [5.41, 5.74) is 1.64. The highest BCUT2D eigenvalue weighted by Crippen LogP contribution is 2.24. The maximum absolute atomic E-state index is 12.1. The Morgan fingerprint density at radius 1 is 1.05 bits per heavy atom. The van der Waals surface area contributed by atoms with Crippen molar-refractivity contribution in [1.82, 2.24) is 0 Å². The molecular formula is C15H12Cl2O2S. The Bertz CT molecular complexity index is 666. The largest absolute Gasteiger partial charge is 0.293 e. The Kier molecular flexibility index (Phi) is 4.97. The first-order valence-electron chi connectivity index (χ1n) is 5.90. The molecule has 0 aliphatic heterocycles.